The summed E-state index contributed by atoms with van der Waals surface area (Å²) in [7, 11) is 0. The molecule has 0 spiro atoms. The Balaban J connectivity index is 1.67. The van der Waals surface area contributed by atoms with Crippen LogP contribution in [0.25, 0.3) is 0 Å². The van der Waals surface area contributed by atoms with Crippen LogP contribution in [0.5, 0.6) is 0 Å². The third-order valence-electron chi connectivity index (χ3n) is 3.75. The lowest BCUT2D eigenvalue weighted by Gasteiger charge is -2.35. The molecule has 0 radical (unpaired) electrons. The lowest BCUT2D eigenvalue weighted by molar-refractivity contribution is -0.0411. The third kappa shape index (κ3) is 5.27. The first-order valence-corrected chi connectivity index (χ1v) is 7.70. The zero-order valence-corrected chi connectivity index (χ0v) is 13.1. The zero-order chi connectivity index (χ0) is 15.9. The van der Waals surface area contributed by atoms with Crippen LogP contribution in [0.4, 0.5) is 14.9 Å². The second-order valence-corrected chi connectivity index (χ2v) is 5.76. The molecule has 1 saturated heterocycles. The van der Waals surface area contributed by atoms with Gasteiger partial charge in [0.15, 0.2) is 0 Å². The number of urea groups is 1. The Labute approximate surface area is 130 Å². The number of ether oxygens (including phenoxy) is 1. The van der Waals surface area contributed by atoms with Crippen LogP contribution < -0.4 is 10.6 Å². The summed E-state index contributed by atoms with van der Waals surface area (Å²) in [6, 6.07) is 5.90. The van der Waals surface area contributed by atoms with Gasteiger partial charge in [0.25, 0.3) is 0 Å². The van der Waals surface area contributed by atoms with Crippen LogP contribution in [0.15, 0.2) is 24.3 Å². The maximum absolute atomic E-state index is 12.8. The van der Waals surface area contributed by atoms with E-state index in [1.54, 1.807) is 0 Å². The molecule has 1 atom stereocenters. The predicted molar refractivity (Wildman–Crippen MR) is 84.5 cm³/mol. The molecule has 0 aromatic heterocycles. The lowest BCUT2D eigenvalue weighted by atomic mass is 10.2. The monoisotopic (exact) mass is 309 g/mol. The molecule has 0 aliphatic carbocycles. The van der Waals surface area contributed by atoms with Crippen LogP contribution in [0, 0.1) is 5.82 Å². The van der Waals surface area contributed by atoms with E-state index in [1.165, 1.54) is 24.3 Å². The Morgan fingerprint density at radius 1 is 1.41 bits per heavy atom. The fourth-order valence-corrected chi connectivity index (χ4v) is 2.44. The summed E-state index contributed by atoms with van der Waals surface area (Å²) < 4.78 is 18.5. The number of amides is 2. The van der Waals surface area contributed by atoms with E-state index in [2.05, 4.69) is 29.4 Å². The molecule has 1 aliphatic rings. The third-order valence-corrected chi connectivity index (χ3v) is 3.75. The second kappa shape index (κ2) is 8.10. The standard InChI is InChI=1S/C16H24FN3O2/c1-12(2)20-9-10-22-15(11-20)7-8-18-16(21)19-14-5-3-13(17)4-6-14/h3-6,12,15H,7-11H2,1-2H3,(H2,18,19,21). The molecule has 1 aliphatic heterocycles. The summed E-state index contributed by atoms with van der Waals surface area (Å²) in [6.45, 7) is 7.51. The second-order valence-electron chi connectivity index (χ2n) is 5.76. The summed E-state index contributed by atoms with van der Waals surface area (Å²) >= 11 is 0. The van der Waals surface area contributed by atoms with Crippen LogP contribution in [0.1, 0.15) is 20.3 Å². The van der Waals surface area contributed by atoms with Gasteiger partial charge in [-0.1, -0.05) is 0 Å². The van der Waals surface area contributed by atoms with Crippen molar-refractivity contribution in [1.82, 2.24) is 10.2 Å². The van der Waals surface area contributed by atoms with E-state index in [0.29, 0.717) is 18.3 Å². The average Bonchev–Trinajstić information content (AvgIpc) is 2.50. The van der Waals surface area contributed by atoms with Crippen LogP contribution in [-0.2, 0) is 4.74 Å². The normalized spacial score (nSPS) is 19.2. The molecule has 122 valence electrons. The van der Waals surface area contributed by atoms with Crippen LogP contribution in [0.3, 0.4) is 0 Å². The van der Waals surface area contributed by atoms with Gasteiger partial charge in [-0.05, 0) is 44.5 Å². The molecule has 0 saturated carbocycles. The number of nitrogens with zero attached hydrogens (tertiary/aromatic N) is 1. The largest absolute Gasteiger partial charge is 0.375 e. The topological polar surface area (TPSA) is 53.6 Å². The van der Waals surface area contributed by atoms with E-state index in [4.69, 9.17) is 4.74 Å². The molecule has 5 nitrogen and oxygen atoms in total. The molecule has 1 heterocycles. The maximum atomic E-state index is 12.8. The quantitative estimate of drug-likeness (QED) is 0.878. The molecule has 6 heteroatoms. The van der Waals surface area contributed by atoms with Gasteiger partial charge in [0.05, 0.1) is 12.7 Å². The fraction of sp³-hybridized carbons (Fsp3) is 0.562. The van der Waals surface area contributed by atoms with Gasteiger partial charge in [0, 0.05) is 31.4 Å². The summed E-state index contributed by atoms with van der Waals surface area (Å²) in [6.07, 6.45) is 0.933. The number of anilines is 1. The molecular formula is C16H24FN3O2. The van der Waals surface area contributed by atoms with Gasteiger partial charge in [0.2, 0.25) is 0 Å². The summed E-state index contributed by atoms with van der Waals surface area (Å²) in [4.78, 5) is 14.1. The van der Waals surface area contributed by atoms with Gasteiger partial charge in [-0.25, -0.2) is 9.18 Å². The van der Waals surface area contributed by atoms with Crippen molar-refractivity contribution in [3.05, 3.63) is 30.1 Å². The molecule has 22 heavy (non-hydrogen) atoms. The van der Waals surface area contributed by atoms with Crippen molar-refractivity contribution in [2.45, 2.75) is 32.4 Å². The van der Waals surface area contributed by atoms with Crippen molar-refractivity contribution in [3.8, 4) is 0 Å². The van der Waals surface area contributed by atoms with Crippen molar-refractivity contribution >= 4 is 11.7 Å². The molecule has 1 aromatic carbocycles. The summed E-state index contributed by atoms with van der Waals surface area (Å²) in [5.74, 6) is -0.324. The van der Waals surface area contributed by atoms with Crippen LogP contribution in [0.2, 0.25) is 0 Å². The predicted octanol–water partition coefficient (Wildman–Crippen LogP) is 2.45. The number of halogens is 1. The highest BCUT2D eigenvalue weighted by molar-refractivity contribution is 5.89. The minimum Gasteiger partial charge on any atom is -0.375 e. The number of hydrogen-bond donors (Lipinski definition) is 2. The summed E-state index contributed by atoms with van der Waals surface area (Å²) in [5.41, 5.74) is 0.568. The highest BCUT2D eigenvalue weighted by atomic mass is 19.1. The highest BCUT2D eigenvalue weighted by Gasteiger charge is 2.21. The Hall–Kier alpha value is -1.66. The number of carbonyl (C=O) groups excluding carboxylic acids is 1. The first kappa shape index (κ1) is 16.7. The van der Waals surface area contributed by atoms with Crippen LogP contribution >= 0.6 is 0 Å². The number of benzene rings is 1. The van der Waals surface area contributed by atoms with Crippen molar-refractivity contribution < 1.29 is 13.9 Å². The molecule has 0 bridgehead atoms. The average molecular weight is 309 g/mol. The van der Waals surface area contributed by atoms with Gasteiger partial charge in [-0.15, -0.1) is 0 Å². The van der Waals surface area contributed by atoms with Gasteiger partial charge < -0.3 is 15.4 Å². The SMILES string of the molecule is CC(C)N1CCOC(CCNC(=O)Nc2ccc(F)cc2)C1. The molecule has 1 aromatic rings. The molecule has 2 rings (SSSR count). The van der Waals surface area contributed by atoms with Crippen molar-refractivity contribution in [2.75, 3.05) is 31.6 Å². The molecule has 2 N–H and O–H groups in total. The molecule has 2 amide bonds. The first-order chi connectivity index (χ1) is 10.5. The Morgan fingerprint density at radius 3 is 2.82 bits per heavy atom. The van der Waals surface area contributed by atoms with E-state index in [-0.39, 0.29) is 18.0 Å². The smallest absolute Gasteiger partial charge is 0.319 e. The van der Waals surface area contributed by atoms with Gasteiger partial charge in [0.1, 0.15) is 5.82 Å². The lowest BCUT2D eigenvalue weighted by Crippen LogP contribution is -2.46. The molecule has 1 unspecified atom stereocenters. The van der Waals surface area contributed by atoms with Gasteiger partial charge in [-0.3, -0.25) is 4.90 Å². The first-order valence-electron chi connectivity index (χ1n) is 7.70. The minimum atomic E-state index is -0.324. The van der Waals surface area contributed by atoms with E-state index < -0.39 is 0 Å². The molecular weight excluding hydrogens is 285 g/mol. The number of rotatable bonds is 5. The zero-order valence-electron chi connectivity index (χ0n) is 13.1. The Bertz CT molecular complexity index is 479. The van der Waals surface area contributed by atoms with Gasteiger partial charge in [-0.2, -0.15) is 0 Å². The minimum absolute atomic E-state index is 0.155. The van der Waals surface area contributed by atoms with E-state index in [0.717, 1.165) is 26.1 Å². The van der Waals surface area contributed by atoms with Crippen molar-refractivity contribution in [2.24, 2.45) is 0 Å². The van der Waals surface area contributed by atoms with E-state index in [9.17, 15) is 9.18 Å². The number of morpholine rings is 1. The Morgan fingerprint density at radius 2 is 2.14 bits per heavy atom. The van der Waals surface area contributed by atoms with Crippen LogP contribution in [-0.4, -0.2) is 49.3 Å². The van der Waals surface area contributed by atoms with Gasteiger partial charge >= 0.3 is 6.03 Å². The van der Waals surface area contributed by atoms with Crippen molar-refractivity contribution in [3.63, 3.8) is 0 Å². The Kier molecular flexibility index (Phi) is 6.15. The summed E-state index contributed by atoms with van der Waals surface area (Å²) in [5, 5.41) is 5.46. The maximum Gasteiger partial charge on any atom is 0.319 e. The number of nitrogens with one attached hydrogen (secondary N) is 2. The number of hydrogen-bond acceptors (Lipinski definition) is 3. The fourth-order valence-electron chi connectivity index (χ4n) is 2.44. The highest BCUT2D eigenvalue weighted by Crippen LogP contribution is 2.11. The molecule has 1 fully saturated rings. The van der Waals surface area contributed by atoms with Crippen molar-refractivity contribution in [1.29, 1.82) is 0 Å². The van der Waals surface area contributed by atoms with E-state index >= 15 is 0 Å². The number of carbonyl (C=O) groups is 1. The van der Waals surface area contributed by atoms with E-state index in [1.807, 2.05) is 0 Å².